The van der Waals surface area contributed by atoms with Crippen LogP contribution in [0.5, 0.6) is 5.75 Å². The van der Waals surface area contributed by atoms with Crippen LogP contribution in [-0.4, -0.2) is 91.8 Å². The van der Waals surface area contributed by atoms with Crippen molar-refractivity contribution >= 4 is 77.5 Å². The van der Waals surface area contributed by atoms with E-state index in [-0.39, 0.29) is 33.9 Å². The number of amides is 2. The Morgan fingerprint density at radius 2 is 1.41 bits per heavy atom. The van der Waals surface area contributed by atoms with Crippen molar-refractivity contribution in [2.75, 3.05) is 38.2 Å². The highest BCUT2D eigenvalue weighted by Gasteiger charge is 2.45. The summed E-state index contributed by atoms with van der Waals surface area (Å²) in [4.78, 5) is 41.5. The third-order valence-corrected chi connectivity index (χ3v) is 16.0. The number of nitrogens with one attached hydrogen (secondary N) is 2. The average Bonchev–Trinajstić information content (AvgIpc) is 3.84. The quantitative estimate of drug-likeness (QED) is 0.0236. The summed E-state index contributed by atoms with van der Waals surface area (Å²) in [7, 11) is -7.25. The van der Waals surface area contributed by atoms with Crippen LogP contribution in [0.25, 0.3) is 10.9 Å². The molecular formula is C56H65ClN5O10S2+. The number of carbonyl (C=O) groups excluding carboxylic acids is 3. The molecule has 0 aliphatic carbocycles. The van der Waals surface area contributed by atoms with E-state index in [2.05, 4.69) is 20.1 Å². The summed E-state index contributed by atoms with van der Waals surface area (Å²) < 4.78 is 77.1. The molecule has 7 rings (SSSR count). The number of unbranched alkanes of at least 4 members (excludes halogenated alkanes) is 3. The largest absolute Gasteiger partial charge is 0.497 e. The summed E-state index contributed by atoms with van der Waals surface area (Å²) in [5.41, 5.74) is 6.49. The van der Waals surface area contributed by atoms with Crippen molar-refractivity contribution in [1.82, 2.24) is 15.2 Å². The number of hydrogen-bond acceptors (Lipinski definition) is 9. The molecule has 1 aromatic heterocycles. The molecule has 0 saturated carbocycles. The number of methoxy groups -OCH3 is 1. The smallest absolute Gasteiger partial charge is 0.294 e. The molecule has 0 radical (unpaired) electrons. The van der Waals surface area contributed by atoms with Crippen molar-refractivity contribution < 1.29 is 49.6 Å². The SMILES string of the molecule is CCN1/C(=C/C=C/C=C/C2=[N+](CCCCCC(=O)NCCCCNC(=O)Cc3c(C)n(C(=O)c4ccc(Cl)cc4)c4ccc(OC)cc34)c3ccc(S(=O)(=O)O)cc3C2(C)C)C(C)(C)c2cc(S(=O)(=O)O)ccc21. The van der Waals surface area contributed by atoms with Gasteiger partial charge in [-0.05, 0) is 143 Å². The molecule has 2 amide bonds. The van der Waals surface area contributed by atoms with Gasteiger partial charge in [0, 0.05) is 88.6 Å². The monoisotopic (exact) mass is 1070 g/mol. The molecule has 0 bridgehead atoms. The van der Waals surface area contributed by atoms with Crippen LogP contribution < -0.4 is 20.3 Å². The number of aromatic nitrogens is 1. The predicted molar refractivity (Wildman–Crippen MR) is 290 cm³/mol. The Labute approximate surface area is 439 Å². The summed E-state index contributed by atoms with van der Waals surface area (Å²) in [5.74, 6) is 0.141. The van der Waals surface area contributed by atoms with Gasteiger partial charge in [-0.1, -0.05) is 43.7 Å². The van der Waals surface area contributed by atoms with Gasteiger partial charge in [0.15, 0.2) is 5.71 Å². The standard InChI is InChI=1S/C56H64ClN5O10S2/c1-8-60-48-28-25-41(73(66,67)68)34-45(48)55(3,4)50(60)17-11-9-12-18-51-56(5,6)46-35-42(74(69,70)71)26-29-49(46)61(51)32-16-10-13-19-52(63)58-30-14-15-31-59-53(64)36-43-37(2)62(47-27-24-40(72-7)33-44(43)47)54(65)38-20-22-39(57)23-21-38/h9,11-12,17-18,20-29,33-35H,8,10,13-16,19,30-32,36H2,1-7H3,(H3-,58,59,63,64,66,67,68,69,70,71)/p+1. The van der Waals surface area contributed by atoms with E-state index >= 15 is 0 Å². The zero-order valence-electron chi connectivity index (χ0n) is 42.9. The van der Waals surface area contributed by atoms with Gasteiger partial charge in [-0.2, -0.15) is 21.4 Å². The van der Waals surface area contributed by atoms with Crippen molar-refractivity contribution in [1.29, 1.82) is 0 Å². The number of anilines is 1. The zero-order valence-corrected chi connectivity index (χ0v) is 45.3. The fourth-order valence-corrected chi connectivity index (χ4v) is 11.3. The molecule has 392 valence electrons. The van der Waals surface area contributed by atoms with E-state index in [9.17, 15) is 40.3 Å². The normalized spacial score (nSPS) is 15.6. The van der Waals surface area contributed by atoms with Crippen molar-refractivity contribution in [3.8, 4) is 5.75 Å². The minimum absolute atomic E-state index is 0.0541. The first-order valence-corrected chi connectivity index (χ1v) is 28.0. The average molecular weight is 1070 g/mol. The third kappa shape index (κ3) is 11.9. The number of halogens is 1. The van der Waals surface area contributed by atoms with Crippen LogP contribution in [0.15, 0.2) is 125 Å². The van der Waals surface area contributed by atoms with Crippen LogP contribution in [0.4, 0.5) is 11.4 Å². The molecule has 3 heterocycles. The van der Waals surface area contributed by atoms with Crippen molar-refractivity contribution in [2.45, 2.75) is 107 Å². The lowest BCUT2D eigenvalue weighted by Crippen LogP contribution is -2.28. The second-order valence-electron chi connectivity index (χ2n) is 19.6. The summed E-state index contributed by atoms with van der Waals surface area (Å²) in [5, 5.41) is 7.25. The molecule has 15 nitrogen and oxygen atoms in total. The Bertz CT molecular complexity index is 3350. The van der Waals surface area contributed by atoms with E-state index < -0.39 is 31.1 Å². The van der Waals surface area contributed by atoms with E-state index in [1.807, 2.05) is 84.1 Å². The van der Waals surface area contributed by atoms with Crippen LogP contribution >= 0.6 is 11.6 Å². The number of ether oxygens (including phenoxy) is 1. The first-order valence-electron chi connectivity index (χ1n) is 24.7. The first-order chi connectivity index (χ1) is 35.0. The van der Waals surface area contributed by atoms with Gasteiger partial charge in [-0.25, -0.2) is 0 Å². The van der Waals surface area contributed by atoms with Gasteiger partial charge in [0.25, 0.3) is 26.1 Å². The minimum Gasteiger partial charge on any atom is -0.497 e. The van der Waals surface area contributed by atoms with Gasteiger partial charge >= 0.3 is 0 Å². The molecule has 18 heteroatoms. The highest BCUT2D eigenvalue weighted by atomic mass is 35.5. The van der Waals surface area contributed by atoms with Crippen LogP contribution in [-0.2, 0) is 47.1 Å². The molecule has 0 fully saturated rings. The van der Waals surface area contributed by atoms with Gasteiger partial charge in [0.1, 0.15) is 12.3 Å². The minimum atomic E-state index is -4.44. The topological polar surface area (TPSA) is 204 Å². The number of carbonyl (C=O) groups is 3. The van der Waals surface area contributed by atoms with E-state index in [1.165, 1.54) is 24.3 Å². The molecule has 0 saturated heterocycles. The van der Waals surface area contributed by atoms with Gasteiger partial charge in [0.05, 0.1) is 34.3 Å². The molecule has 4 N–H and O–H groups in total. The first kappa shape index (κ1) is 55.4. The lowest BCUT2D eigenvalue weighted by molar-refractivity contribution is -0.438. The fraction of sp³-hybridized carbons (Fsp3) is 0.357. The van der Waals surface area contributed by atoms with Crippen LogP contribution in [0.1, 0.15) is 106 Å². The zero-order chi connectivity index (χ0) is 53.8. The molecule has 5 aromatic rings. The second-order valence-corrected chi connectivity index (χ2v) is 22.9. The maximum absolute atomic E-state index is 13.7. The molecule has 0 unspecified atom stereocenters. The van der Waals surface area contributed by atoms with Crippen molar-refractivity contribution in [3.05, 3.63) is 148 Å². The summed E-state index contributed by atoms with van der Waals surface area (Å²) >= 11 is 6.07. The van der Waals surface area contributed by atoms with Gasteiger partial charge in [0.2, 0.25) is 17.5 Å². The maximum Gasteiger partial charge on any atom is 0.294 e. The maximum atomic E-state index is 13.7. The van der Waals surface area contributed by atoms with Crippen LogP contribution in [0.3, 0.4) is 0 Å². The molecular weight excluding hydrogens is 1000 g/mol. The van der Waals surface area contributed by atoms with E-state index in [0.29, 0.717) is 79.4 Å². The van der Waals surface area contributed by atoms with E-state index in [1.54, 1.807) is 54.1 Å². The Balaban J connectivity index is 0.909. The predicted octanol–water partition coefficient (Wildman–Crippen LogP) is 9.80. The van der Waals surface area contributed by atoms with Crippen LogP contribution in [0.2, 0.25) is 5.02 Å². The number of hydrogen-bond donors (Lipinski definition) is 4. The second kappa shape index (κ2) is 22.6. The van der Waals surface area contributed by atoms with Gasteiger partial charge < -0.3 is 20.3 Å². The Hall–Kier alpha value is -6.37. The number of benzene rings is 4. The third-order valence-electron chi connectivity index (χ3n) is 14.1. The summed E-state index contributed by atoms with van der Waals surface area (Å²) in [6, 6.07) is 21.4. The van der Waals surface area contributed by atoms with Crippen LogP contribution in [0, 0.1) is 6.92 Å². The Morgan fingerprint density at radius 3 is 2.05 bits per heavy atom. The number of rotatable bonds is 21. The van der Waals surface area contributed by atoms with Gasteiger partial charge in [-0.3, -0.25) is 28.1 Å². The molecule has 2 aliphatic heterocycles. The molecule has 0 spiro atoms. The molecule has 4 aromatic carbocycles. The van der Waals surface area contributed by atoms with Crippen molar-refractivity contribution in [3.63, 3.8) is 0 Å². The van der Waals surface area contributed by atoms with Crippen molar-refractivity contribution in [2.24, 2.45) is 0 Å². The lowest BCUT2D eigenvalue weighted by Gasteiger charge is -2.25. The highest BCUT2D eigenvalue weighted by Crippen LogP contribution is 2.48. The van der Waals surface area contributed by atoms with Gasteiger partial charge in [-0.15, -0.1) is 0 Å². The fourth-order valence-electron chi connectivity index (χ4n) is 10.1. The lowest BCUT2D eigenvalue weighted by atomic mass is 9.81. The molecule has 2 aliphatic rings. The number of nitrogens with zero attached hydrogens (tertiary/aromatic N) is 3. The number of likely N-dealkylation sites (N-methyl/N-ethyl adjacent to an activating group) is 1. The molecule has 0 atom stereocenters. The Kier molecular flexibility index (Phi) is 16.9. The number of allylic oxidation sites excluding steroid dienone is 6. The van der Waals surface area contributed by atoms with E-state index in [0.717, 1.165) is 57.7 Å². The van der Waals surface area contributed by atoms with E-state index in [4.69, 9.17) is 16.3 Å². The molecule has 74 heavy (non-hydrogen) atoms. The summed E-state index contributed by atoms with van der Waals surface area (Å²) in [6.07, 6.45) is 13.7. The Morgan fingerprint density at radius 1 is 0.757 bits per heavy atom. The number of fused-ring (bicyclic) bond motifs is 3. The highest BCUT2D eigenvalue weighted by molar-refractivity contribution is 7.86. The summed E-state index contributed by atoms with van der Waals surface area (Å²) in [6.45, 7) is 14.0.